The van der Waals surface area contributed by atoms with Crippen LogP contribution >= 0.6 is 46.4 Å². The van der Waals surface area contributed by atoms with Gasteiger partial charge in [-0.05, 0) is 170 Å². The molecule has 0 radical (unpaired) electrons. The SMILES string of the molecule is CCOC(=O)Cn1nc(Cc2ccc(N)cc2)c2ccccc21.CCOC(=O)Cn1nc(Cc2ccc(NC(=O)c3ccc(Cl)cc3)cc2)c2ccccc21.O=C(Cl)c1ccc(Cl)cc1.O=C(O)Cn1nc(Cc2ccc(NC(=O)c3ccc(Cl)cc3)cc2)c2ccccc21.[Li+].[OH-]. The predicted molar refractivity (Wildman–Crippen MR) is 375 cm³/mol. The molecule has 0 fully saturated rings. The summed E-state index contributed by atoms with van der Waals surface area (Å²) in [7, 11) is 0. The molecule has 2 amide bonds. The summed E-state index contributed by atoms with van der Waals surface area (Å²) in [4.78, 5) is 70.0. The number of benzene rings is 9. The Morgan fingerprint density at radius 1 is 0.433 bits per heavy atom. The molecular weight excluding hydrogens is 1310 g/mol. The fraction of sp³-hybridized carbons (Fsp3) is 0.137. The van der Waals surface area contributed by atoms with Crippen molar-refractivity contribution in [2.45, 2.75) is 52.7 Å². The second kappa shape index (κ2) is 36.2. The van der Waals surface area contributed by atoms with Gasteiger partial charge in [-0.1, -0.05) is 126 Å². The quantitative estimate of drug-likeness (QED) is 0.0254. The van der Waals surface area contributed by atoms with Gasteiger partial charge in [0.1, 0.15) is 19.6 Å². The predicted octanol–water partition coefficient (Wildman–Crippen LogP) is 12.0. The van der Waals surface area contributed by atoms with E-state index in [4.69, 9.17) is 66.7 Å². The van der Waals surface area contributed by atoms with Gasteiger partial charge < -0.3 is 36.4 Å². The molecule has 0 saturated heterocycles. The fourth-order valence-corrected chi connectivity index (χ4v) is 10.4. The van der Waals surface area contributed by atoms with E-state index >= 15 is 0 Å². The van der Waals surface area contributed by atoms with E-state index in [2.05, 4.69) is 25.9 Å². The Bertz CT molecular complexity index is 4650. The van der Waals surface area contributed by atoms with Crippen molar-refractivity contribution in [1.29, 1.82) is 0 Å². The van der Waals surface area contributed by atoms with Crippen LogP contribution < -0.4 is 35.2 Å². The Morgan fingerprint density at radius 3 is 1.04 bits per heavy atom. The third-order valence-electron chi connectivity index (χ3n) is 14.5. The normalized spacial score (nSPS) is 10.5. The average molecular weight is 1380 g/mol. The molecule has 0 saturated carbocycles. The van der Waals surface area contributed by atoms with E-state index in [0.717, 1.165) is 72.2 Å². The summed E-state index contributed by atoms with van der Waals surface area (Å²) in [5, 5.41) is 32.9. The van der Waals surface area contributed by atoms with Crippen LogP contribution in [0, 0.1) is 0 Å². The summed E-state index contributed by atoms with van der Waals surface area (Å²) in [6.45, 7) is 4.30. The molecule has 3 heterocycles. The molecule has 0 aliphatic heterocycles. The summed E-state index contributed by atoms with van der Waals surface area (Å²) in [5.41, 5.74) is 17.8. The number of hydrogen-bond acceptors (Lipinski definition) is 13. The minimum absolute atomic E-state index is 0. The number of ether oxygens (including phenoxy) is 2. The Balaban J connectivity index is 0.000000191. The Labute approximate surface area is 590 Å². The maximum atomic E-state index is 12.4. The number of nitrogens with one attached hydrogen (secondary N) is 2. The zero-order chi connectivity index (χ0) is 67.4. The monoisotopic (exact) mass is 1370 g/mol. The number of nitrogen functional groups attached to an aromatic ring is 1. The van der Waals surface area contributed by atoms with Crippen LogP contribution in [0.2, 0.25) is 15.1 Å². The molecule has 0 spiro atoms. The third kappa shape index (κ3) is 21.2. The number of fused-ring (bicyclic) bond motifs is 3. The van der Waals surface area contributed by atoms with Crippen LogP contribution in [-0.4, -0.2) is 88.1 Å². The average Bonchev–Trinajstić information content (AvgIpc) is 1.67. The van der Waals surface area contributed by atoms with Crippen LogP contribution in [0.5, 0.6) is 0 Å². The van der Waals surface area contributed by atoms with Gasteiger partial charge in [-0.3, -0.25) is 42.8 Å². The number of nitrogens with zero attached hydrogens (tertiary/aromatic N) is 6. The van der Waals surface area contributed by atoms with Crippen LogP contribution in [0.25, 0.3) is 32.7 Å². The maximum Gasteiger partial charge on any atom is 1.00 e. The van der Waals surface area contributed by atoms with Crippen molar-refractivity contribution in [2.75, 3.05) is 29.6 Å². The molecule has 6 N–H and O–H groups in total. The summed E-state index contributed by atoms with van der Waals surface area (Å²) in [5.74, 6) is -1.93. The van der Waals surface area contributed by atoms with Gasteiger partial charge in [0, 0.05) is 84.2 Å². The van der Waals surface area contributed by atoms with Crippen molar-refractivity contribution in [2.24, 2.45) is 0 Å². The largest absolute Gasteiger partial charge is 1.00 e. The van der Waals surface area contributed by atoms with Crippen molar-refractivity contribution in [3.8, 4) is 0 Å². The van der Waals surface area contributed by atoms with Gasteiger partial charge in [0.2, 0.25) is 0 Å². The van der Waals surface area contributed by atoms with E-state index in [0.29, 0.717) is 75.6 Å². The number of aliphatic carboxylic acids is 1. The molecular formula is C73H64Cl4LiN9O10. The molecule has 490 valence electrons. The number of hydrogen-bond donors (Lipinski definition) is 4. The number of carbonyl (C=O) groups excluding carboxylic acids is 5. The van der Waals surface area contributed by atoms with Gasteiger partial charge in [0.25, 0.3) is 17.1 Å². The summed E-state index contributed by atoms with van der Waals surface area (Å²) >= 11 is 22.5. The number of esters is 2. The van der Waals surface area contributed by atoms with E-state index in [1.807, 2.05) is 146 Å². The van der Waals surface area contributed by atoms with Crippen LogP contribution in [-0.2, 0) is 62.8 Å². The number of carboxylic acid groups (broad SMARTS) is 1. The summed E-state index contributed by atoms with van der Waals surface area (Å²) in [6, 6.07) is 66.0. The third-order valence-corrected chi connectivity index (χ3v) is 15.4. The zero-order valence-corrected chi connectivity index (χ0v) is 55.9. The second-order valence-electron chi connectivity index (χ2n) is 21.2. The number of anilines is 3. The van der Waals surface area contributed by atoms with Crippen LogP contribution in [0.3, 0.4) is 0 Å². The van der Waals surface area contributed by atoms with E-state index in [-0.39, 0.29) is 67.7 Å². The topological polar surface area (TPSA) is 275 Å². The molecule has 0 atom stereocenters. The van der Waals surface area contributed by atoms with Gasteiger partial charge in [-0.2, -0.15) is 15.3 Å². The van der Waals surface area contributed by atoms with Crippen molar-refractivity contribution >= 4 is 131 Å². The van der Waals surface area contributed by atoms with Gasteiger partial charge >= 0.3 is 36.8 Å². The summed E-state index contributed by atoms with van der Waals surface area (Å²) in [6.07, 6.45) is 1.84. The molecule has 0 unspecified atom stereocenters. The summed E-state index contributed by atoms with van der Waals surface area (Å²) < 4.78 is 15.0. The number of aromatic nitrogens is 6. The van der Waals surface area contributed by atoms with E-state index < -0.39 is 11.2 Å². The Kier molecular flexibility index (Phi) is 27.7. The minimum atomic E-state index is -0.935. The Hall–Kier alpha value is -10.1. The van der Waals surface area contributed by atoms with Crippen molar-refractivity contribution in [1.82, 2.24) is 29.3 Å². The van der Waals surface area contributed by atoms with Crippen LogP contribution in [0.4, 0.5) is 17.1 Å². The zero-order valence-electron chi connectivity index (χ0n) is 52.9. The van der Waals surface area contributed by atoms with Gasteiger partial charge in [0.05, 0.1) is 46.8 Å². The number of rotatable bonds is 19. The molecule has 0 bridgehead atoms. The number of halogens is 4. The van der Waals surface area contributed by atoms with E-state index in [1.165, 1.54) is 4.68 Å². The first-order valence-corrected chi connectivity index (χ1v) is 31.4. The smallest absolute Gasteiger partial charge is 0.870 e. The van der Waals surface area contributed by atoms with E-state index in [1.54, 1.807) is 96.0 Å². The van der Waals surface area contributed by atoms with Crippen LogP contribution in [0.15, 0.2) is 218 Å². The number of amides is 2. The first kappa shape index (κ1) is 74.3. The molecule has 0 aliphatic rings. The number of carbonyl (C=O) groups is 6. The van der Waals surface area contributed by atoms with E-state index in [9.17, 15) is 28.8 Å². The first-order chi connectivity index (χ1) is 45.9. The minimum Gasteiger partial charge on any atom is -0.870 e. The number of nitrogens with two attached hydrogens (primary N) is 1. The molecule has 19 nitrogen and oxygen atoms in total. The first-order valence-electron chi connectivity index (χ1n) is 29.9. The second-order valence-corrected chi connectivity index (χ2v) is 22.9. The Morgan fingerprint density at radius 2 is 0.732 bits per heavy atom. The molecule has 24 heteroatoms. The maximum absolute atomic E-state index is 12.4. The van der Waals surface area contributed by atoms with Gasteiger partial charge in [-0.25, -0.2) is 0 Å². The van der Waals surface area contributed by atoms with Crippen LogP contribution in [0.1, 0.15) is 78.7 Å². The van der Waals surface area contributed by atoms with Crippen molar-refractivity contribution < 1.29 is 67.7 Å². The van der Waals surface area contributed by atoms with Crippen molar-refractivity contribution in [3.63, 3.8) is 0 Å². The molecule has 12 rings (SSSR count). The molecule has 0 aliphatic carbocycles. The molecule has 12 aromatic rings. The standard InChI is InChI=1S/C25H22ClN3O3.C23H18ClN3O3.C18H19N3O2.C7H4Cl2O.Li.H2O/c1-2-32-24(30)16-29-23-6-4-3-5-21(23)22(28-29)15-17-7-13-20(14-8-17)27-25(31)18-9-11-19(26)12-10-18;24-17-9-7-16(8-10-17)23(30)25-18-11-5-15(6-12-18)13-20-19-3-1-2-4-21(19)27(26-20)14-22(28)29;1-2-23-18(22)12-21-17-6-4-3-5-15(17)16(20-21)11-13-7-9-14(19)10-8-13;8-6-3-1-5(2-4-6)7(9)10;;/h3-14H,2,15-16H2,1H3,(H,27,31);1-12H,13-14H2,(H,25,30)(H,28,29);3-10H,2,11-12,19H2,1H3;1-4H;;1H2/q;;;;+1;/p-1. The van der Waals surface area contributed by atoms with Gasteiger partial charge in [0.15, 0.2) is 0 Å². The molecule has 9 aromatic carbocycles. The molecule has 97 heavy (non-hydrogen) atoms. The molecule has 3 aromatic heterocycles. The number of para-hydroxylation sites is 3. The van der Waals surface area contributed by atoms with Gasteiger partial charge in [-0.15, -0.1) is 0 Å². The van der Waals surface area contributed by atoms with Crippen molar-refractivity contribution in [3.05, 3.63) is 284 Å². The fourth-order valence-electron chi connectivity index (χ4n) is 9.95. The number of carboxylic acids is 1.